The summed E-state index contributed by atoms with van der Waals surface area (Å²) in [5.41, 5.74) is 2.54. The molecule has 0 saturated heterocycles. The van der Waals surface area contributed by atoms with Gasteiger partial charge in [-0.1, -0.05) is 6.07 Å². The molecule has 3 aliphatic heterocycles. The first-order valence-corrected chi connectivity index (χ1v) is 15.0. The number of hydrogen-bond donors (Lipinski definition) is 0. The molecule has 7 heterocycles. The molecule has 2 spiro atoms. The zero-order valence-corrected chi connectivity index (χ0v) is 23.8. The van der Waals surface area contributed by atoms with Crippen LogP contribution in [0.15, 0.2) is 127 Å². The van der Waals surface area contributed by atoms with Gasteiger partial charge < -0.3 is 0 Å². The minimum atomic E-state index is -1.17. The lowest BCUT2D eigenvalue weighted by Crippen LogP contribution is -2.79. The lowest BCUT2D eigenvalue weighted by atomic mass is 9.91. The van der Waals surface area contributed by atoms with Gasteiger partial charge in [0.05, 0.1) is 5.56 Å². The molecule has 9 heteroatoms. The molecule has 9 rings (SSSR count). The standard InChI is InChI=1S/C35H22F4N4S/c36-22-17-25-32(27(38)19-22)29-10-2-6-14-41(29)34(25)21-24-9-1-5-13-40(24)35(44-31-12-4-8-16-43(31)34)26-18-23(37)20-28(39)33(26)30-11-3-7-15-42(30)35/h1-20H,21H2/q+4/t34-,35+/m0/s1. The number of rotatable bonds is 0. The van der Waals surface area contributed by atoms with E-state index in [1.807, 2.05) is 116 Å². The number of pyridine rings is 4. The van der Waals surface area contributed by atoms with Crippen molar-refractivity contribution in [1.82, 2.24) is 0 Å². The third-order valence-electron chi connectivity index (χ3n) is 9.02. The van der Waals surface area contributed by atoms with Crippen LogP contribution in [0.2, 0.25) is 0 Å². The Kier molecular flexibility index (Phi) is 5.13. The minimum absolute atomic E-state index is 0.269. The smallest absolute Gasteiger partial charge is 0.207 e. The topological polar surface area (TPSA) is 15.5 Å². The van der Waals surface area contributed by atoms with Crippen molar-refractivity contribution in [3.63, 3.8) is 0 Å². The predicted octanol–water partition coefficient (Wildman–Crippen LogP) is 5.16. The maximum atomic E-state index is 15.7. The number of halogens is 4. The average molecular weight is 607 g/mol. The van der Waals surface area contributed by atoms with E-state index in [2.05, 4.69) is 0 Å². The predicted molar refractivity (Wildman–Crippen MR) is 152 cm³/mol. The molecular weight excluding hydrogens is 584 g/mol. The summed E-state index contributed by atoms with van der Waals surface area (Å²) in [7, 11) is 0. The van der Waals surface area contributed by atoms with Crippen molar-refractivity contribution in [2.75, 3.05) is 0 Å². The maximum Gasteiger partial charge on any atom is 0.449 e. The summed E-state index contributed by atoms with van der Waals surface area (Å²) < 4.78 is 69.8. The van der Waals surface area contributed by atoms with E-state index >= 15 is 17.6 Å². The van der Waals surface area contributed by atoms with Gasteiger partial charge >= 0.3 is 10.7 Å². The highest BCUT2D eigenvalue weighted by Gasteiger charge is 2.70. The van der Waals surface area contributed by atoms with E-state index in [1.54, 1.807) is 0 Å². The molecule has 0 fully saturated rings. The second-order valence-corrected chi connectivity index (χ2v) is 12.4. The maximum absolute atomic E-state index is 15.7. The van der Waals surface area contributed by atoms with Gasteiger partial charge in [-0.05, 0) is 30.3 Å². The van der Waals surface area contributed by atoms with Crippen LogP contribution in [-0.4, -0.2) is 0 Å². The molecule has 0 radical (unpaired) electrons. The molecule has 44 heavy (non-hydrogen) atoms. The normalized spacial score (nSPS) is 20.3. The summed E-state index contributed by atoms with van der Waals surface area (Å²) in [6.07, 6.45) is 7.87. The second kappa shape index (κ2) is 8.83. The van der Waals surface area contributed by atoms with Crippen LogP contribution in [0.25, 0.3) is 22.5 Å². The van der Waals surface area contributed by atoms with E-state index in [-0.39, 0.29) is 6.42 Å². The van der Waals surface area contributed by atoms with Crippen LogP contribution in [0.1, 0.15) is 16.8 Å². The highest BCUT2D eigenvalue weighted by molar-refractivity contribution is 7.99. The first-order chi connectivity index (χ1) is 21.4. The summed E-state index contributed by atoms with van der Waals surface area (Å²) >= 11 is 1.42. The first-order valence-electron chi connectivity index (χ1n) is 14.2. The minimum Gasteiger partial charge on any atom is -0.207 e. The lowest BCUT2D eigenvalue weighted by molar-refractivity contribution is -0.999. The van der Waals surface area contributed by atoms with Crippen molar-refractivity contribution >= 4 is 11.8 Å². The van der Waals surface area contributed by atoms with Gasteiger partial charge in [0.2, 0.25) is 17.1 Å². The van der Waals surface area contributed by atoms with Gasteiger partial charge in [0.15, 0.2) is 31.2 Å². The Hall–Kier alpha value is -4.89. The fourth-order valence-corrected chi connectivity index (χ4v) is 8.98. The van der Waals surface area contributed by atoms with Gasteiger partial charge in [0.25, 0.3) is 5.03 Å². The zero-order valence-electron chi connectivity index (χ0n) is 23.0. The van der Waals surface area contributed by atoms with E-state index in [0.29, 0.717) is 33.6 Å². The van der Waals surface area contributed by atoms with E-state index in [4.69, 9.17) is 0 Å². The molecule has 212 valence electrons. The van der Waals surface area contributed by atoms with Gasteiger partial charge in [0.1, 0.15) is 51.7 Å². The highest BCUT2D eigenvalue weighted by Crippen LogP contribution is 2.49. The van der Waals surface area contributed by atoms with Crippen LogP contribution in [0.5, 0.6) is 0 Å². The van der Waals surface area contributed by atoms with E-state index in [0.717, 1.165) is 22.9 Å². The number of hydrogen-bond acceptors (Lipinski definition) is 1. The fraction of sp³-hybridized carbons (Fsp3) is 0.0857. The number of aromatic nitrogens is 4. The first kappa shape index (κ1) is 25.6. The van der Waals surface area contributed by atoms with E-state index in [9.17, 15) is 0 Å². The molecule has 3 aliphatic rings. The molecule has 0 bridgehead atoms. The monoisotopic (exact) mass is 606 g/mol. The lowest BCUT2D eigenvalue weighted by Gasteiger charge is -2.27. The van der Waals surface area contributed by atoms with Gasteiger partial charge in [0, 0.05) is 60.7 Å². The van der Waals surface area contributed by atoms with Crippen molar-refractivity contribution in [1.29, 1.82) is 0 Å². The van der Waals surface area contributed by atoms with Crippen LogP contribution < -0.4 is 18.3 Å². The molecule has 0 N–H and O–H groups in total. The summed E-state index contributed by atoms with van der Waals surface area (Å²) in [6, 6.07) is 27.3. The van der Waals surface area contributed by atoms with Crippen LogP contribution >= 0.6 is 11.8 Å². The molecule has 0 unspecified atom stereocenters. The van der Waals surface area contributed by atoms with Crippen molar-refractivity contribution in [3.05, 3.63) is 162 Å². The van der Waals surface area contributed by atoms with Crippen molar-refractivity contribution in [2.24, 2.45) is 0 Å². The number of benzene rings is 2. The fourth-order valence-electron chi connectivity index (χ4n) is 7.42. The second-order valence-electron chi connectivity index (χ2n) is 11.2. The largest absolute Gasteiger partial charge is 0.449 e. The molecule has 2 atom stereocenters. The van der Waals surface area contributed by atoms with Gasteiger partial charge in [-0.25, -0.2) is 17.6 Å². The van der Waals surface area contributed by atoms with Crippen LogP contribution in [0.3, 0.4) is 0 Å². The van der Waals surface area contributed by atoms with Gasteiger partial charge in [-0.15, -0.1) is 18.3 Å². The van der Waals surface area contributed by atoms with Gasteiger partial charge in [-0.3, -0.25) is 0 Å². The third kappa shape index (κ3) is 3.09. The SMILES string of the molecule is Fc1cc(F)c2c(c1)[C@@]1(Cc3cccc[n+]3[C@]3(Sc4cccc[n+]41)c1cc(F)cc(F)c1-c1cccc[n+]13)[n+]1ccccc1-2. The summed E-state index contributed by atoms with van der Waals surface area (Å²) in [6.45, 7) is 0. The Bertz CT molecular complexity index is 2070. The molecule has 4 aromatic heterocycles. The zero-order chi connectivity index (χ0) is 29.8. The van der Waals surface area contributed by atoms with Crippen LogP contribution in [0.4, 0.5) is 17.6 Å². The summed E-state index contributed by atoms with van der Waals surface area (Å²) in [5, 5.41) is 0.731. The highest BCUT2D eigenvalue weighted by atomic mass is 32.2. The van der Waals surface area contributed by atoms with Crippen LogP contribution in [-0.2, 0) is 17.1 Å². The van der Waals surface area contributed by atoms with Crippen molar-refractivity contribution in [2.45, 2.75) is 22.1 Å². The Balaban J connectivity index is 1.44. The van der Waals surface area contributed by atoms with E-state index in [1.165, 1.54) is 23.9 Å². The summed E-state index contributed by atoms with van der Waals surface area (Å²) in [4.78, 5) is -1.17. The molecule has 0 amide bonds. The van der Waals surface area contributed by atoms with Crippen LogP contribution in [0, 0.1) is 23.3 Å². The molecular formula is C35H22F4N4S+4. The van der Waals surface area contributed by atoms with Crippen molar-refractivity contribution in [3.8, 4) is 22.5 Å². The Labute approximate surface area is 253 Å². The quantitative estimate of drug-likeness (QED) is 0.172. The number of thioether (sulfide) groups is 1. The van der Waals surface area contributed by atoms with Crippen molar-refractivity contribution < 1.29 is 35.8 Å². The number of fused-ring (bicyclic) bond motifs is 14. The Morgan fingerprint density at radius 2 is 1.09 bits per heavy atom. The number of nitrogens with zero attached hydrogens (tertiary/aromatic N) is 4. The molecule has 6 aromatic rings. The Morgan fingerprint density at radius 3 is 1.82 bits per heavy atom. The molecule has 0 saturated carbocycles. The molecule has 2 aromatic carbocycles. The molecule has 4 nitrogen and oxygen atoms in total. The average Bonchev–Trinajstić information content (AvgIpc) is 3.45. The summed E-state index contributed by atoms with van der Waals surface area (Å²) in [5.74, 6) is -2.62. The van der Waals surface area contributed by atoms with E-state index < -0.39 is 33.9 Å². The molecule has 0 aliphatic carbocycles. The third-order valence-corrected chi connectivity index (χ3v) is 10.5. The van der Waals surface area contributed by atoms with Gasteiger partial charge in [-0.2, -0.15) is 0 Å². The Morgan fingerprint density at radius 1 is 0.545 bits per heavy atom.